The van der Waals surface area contributed by atoms with Gasteiger partial charge in [-0.05, 0) is 69.6 Å². The van der Waals surface area contributed by atoms with Crippen LogP contribution in [0.15, 0.2) is 42.5 Å². The van der Waals surface area contributed by atoms with Crippen LogP contribution in [0.4, 0.5) is 28.8 Å². The van der Waals surface area contributed by atoms with E-state index in [4.69, 9.17) is 22.1 Å². The number of aromatic nitrogens is 3. The van der Waals surface area contributed by atoms with Gasteiger partial charge < -0.3 is 24.8 Å². The maximum atomic E-state index is 12.6. The highest BCUT2D eigenvalue weighted by Crippen LogP contribution is 2.44. The van der Waals surface area contributed by atoms with Gasteiger partial charge in [0.15, 0.2) is 11.0 Å². The number of ether oxygens (including phenoxy) is 1. The minimum Gasteiger partial charge on any atom is -0.494 e. The van der Waals surface area contributed by atoms with Crippen molar-refractivity contribution in [1.82, 2.24) is 25.0 Å². The standard InChI is InChI=1S/C28H38ClN8O2P/c1-34-15-17-36(18-16-34)20-11-13-35(14-12-20)22-7-10-24(25(19-22)39-2)37(27-26(29)32-33-28(30)31-27)21-5-8-23(9-6-21)40(3,4)38/h5-10,19-20H,11-18H2,1-4H3,(H2,30,31,33). The number of hydrogen-bond donors (Lipinski definition) is 1. The van der Waals surface area contributed by atoms with E-state index >= 15 is 0 Å². The Morgan fingerprint density at radius 2 is 1.68 bits per heavy atom. The molecule has 0 aliphatic carbocycles. The molecule has 40 heavy (non-hydrogen) atoms. The molecule has 5 rings (SSSR count). The van der Waals surface area contributed by atoms with Crippen LogP contribution in [0, 0.1) is 0 Å². The topological polar surface area (TPSA) is 104 Å². The van der Waals surface area contributed by atoms with Gasteiger partial charge in [0.25, 0.3) is 0 Å². The number of halogens is 1. The second-order valence-electron chi connectivity index (χ2n) is 10.9. The zero-order valence-electron chi connectivity index (χ0n) is 23.6. The third-order valence-corrected chi connectivity index (χ3v) is 9.66. The first-order valence-electron chi connectivity index (χ1n) is 13.6. The molecule has 0 radical (unpaired) electrons. The lowest BCUT2D eigenvalue weighted by Crippen LogP contribution is -2.52. The maximum Gasteiger partial charge on any atom is 0.242 e. The van der Waals surface area contributed by atoms with Crippen molar-refractivity contribution in [3.05, 3.63) is 47.6 Å². The van der Waals surface area contributed by atoms with E-state index in [9.17, 15) is 4.57 Å². The summed E-state index contributed by atoms with van der Waals surface area (Å²) in [7, 11) is 1.43. The number of likely N-dealkylation sites (N-methyl/N-ethyl adjacent to an activating group) is 1. The molecule has 0 bridgehead atoms. The van der Waals surface area contributed by atoms with Crippen molar-refractivity contribution in [3.8, 4) is 5.75 Å². The fraction of sp³-hybridized carbons (Fsp3) is 0.464. The Kier molecular flexibility index (Phi) is 8.52. The first kappa shape index (κ1) is 28.6. The number of hydrogen-bond acceptors (Lipinski definition) is 10. The molecule has 10 nitrogen and oxygen atoms in total. The van der Waals surface area contributed by atoms with Gasteiger partial charge in [-0.3, -0.25) is 9.80 Å². The Balaban J connectivity index is 1.44. The zero-order chi connectivity index (χ0) is 28.4. The number of nitrogens with zero attached hydrogens (tertiary/aromatic N) is 7. The van der Waals surface area contributed by atoms with Crippen LogP contribution in [0.1, 0.15) is 12.8 Å². The highest BCUT2D eigenvalue weighted by Gasteiger charge is 2.28. The molecule has 2 saturated heterocycles. The van der Waals surface area contributed by atoms with Gasteiger partial charge in [0.1, 0.15) is 12.9 Å². The van der Waals surface area contributed by atoms with Crippen LogP contribution in [0.3, 0.4) is 0 Å². The number of methoxy groups -OCH3 is 1. The van der Waals surface area contributed by atoms with Crippen LogP contribution in [0.25, 0.3) is 0 Å². The average molecular weight is 585 g/mol. The molecule has 3 heterocycles. The third-order valence-electron chi connectivity index (χ3n) is 7.87. The van der Waals surface area contributed by atoms with Crippen molar-refractivity contribution in [2.45, 2.75) is 18.9 Å². The highest BCUT2D eigenvalue weighted by atomic mass is 35.5. The lowest BCUT2D eigenvalue weighted by molar-refractivity contribution is 0.0982. The van der Waals surface area contributed by atoms with Crippen LogP contribution in [-0.4, -0.2) is 97.8 Å². The van der Waals surface area contributed by atoms with Gasteiger partial charge in [-0.15, -0.1) is 10.2 Å². The molecule has 3 aromatic rings. The minimum atomic E-state index is -2.42. The number of rotatable bonds is 7. The molecule has 0 spiro atoms. The van der Waals surface area contributed by atoms with E-state index in [1.54, 1.807) is 20.4 Å². The average Bonchev–Trinajstić information content (AvgIpc) is 2.95. The van der Waals surface area contributed by atoms with Crippen LogP contribution in [-0.2, 0) is 4.57 Å². The predicted molar refractivity (Wildman–Crippen MR) is 164 cm³/mol. The van der Waals surface area contributed by atoms with Gasteiger partial charge in [-0.25, -0.2) is 0 Å². The summed E-state index contributed by atoms with van der Waals surface area (Å²) in [4.78, 5) is 13.7. The summed E-state index contributed by atoms with van der Waals surface area (Å²) in [5.74, 6) is 0.997. The van der Waals surface area contributed by atoms with Crippen molar-refractivity contribution in [3.63, 3.8) is 0 Å². The van der Waals surface area contributed by atoms with Gasteiger partial charge in [0.2, 0.25) is 5.95 Å². The fourth-order valence-corrected chi connectivity index (χ4v) is 6.55. The van der Waals surface area contributed by atoms with Crippen LogP contribution in [0.5, 0.6) is 5.75 Å². The van der Waals surface area contributed by atoms with Crippen molar-refractivity contribution in [2.24, 2.45) is 0 Å². The monoisotopic (exact) mass is 584 g/mol. The van der Waals surface area contributed by atoms with E-state index in [1.165, 1.54) is 0 Å². The fourth-order valence-electron chi connectivity index (χ4n) is 5.52. The summed E-state index contributed by atoms with van der Waals surface area (Å²) in [6, 6.07) is 14.3. The first-order chi connectivity index (χ1) is 19.1. The summed E-state index contributed by atoms with van der Waals surface area (Å²) in [5.41, 5.74) is 8.50. The number of nitrogen functional groups attached to an aromatic ring is 1. The van der Waals surface area contributed by atoms with E-state index in [0.29, 0.717) is 17.6 Å². The van der Waals surface area contributed by atoms with E-state index in [-0.39, 0.29) is 11.1 Å². The van der Waals surface area contributed by atoms with Crippen molar-refractivity contribution in [1.29, 1.82) is 0 Å². The predicted octanol–water partition coefficient (Wildman–Crippen LogP) is 4.05. The molecule has 214 valence electrons. The Labute approximate surface area is 241 Å². The van der Waals surface area contributed by atoms with Gasteiger partial charge in [0.05, 0.1) is 12.8 Å². The smallest absolute Gasteiger partial charge is 0.242 e. The summed E-state index contributed by atoms with van der Waals surface area (Å²) in [6.45, 7) is 10.1. The van der Waals surface area contributed by atoms with Gasteiger partial charge in [-0.2, -0.15) is 4.98 Å². The highest BCUT2D eigenvalue weighted by molar-refractivity contribution is 7.70. The van der Waals surface area contributed by atoms with Gasteiger partial charge in [-0.1, -0.05) is 11.6 Å². The summed E-state index contributed by atoms with van der Waals surface area (Å²) in [6.07, 6.45) is 2.29. The third kappa shape index (κ3) is 6.20. The Morgan fingerprint density at radius 3 is 2.30 bits per heavy atom. The first-order valence-corrected chi connectivity index (χ1v) is 16.6. The normalized spacial score (nSPS) is 17.7. The molecule has 2 N–H and O–H groups in total. The second-order valence-corrected chi connectivity index (χ2v) is 14.5. The molecule has 0 unspecified atom stereocenters. The van der Waals surface area contributed by atoms with E-state index < -0.39 is 7.14 Å². The van der Waals surface area contributed by atoms with Crippen molar-refractivity contribution >= 4 is 52.9 Å². The molecule has 0 amide bonds. The molecule has 2 fully saturated rings. The molecule has 2 aromatic carbocycles. The number of piperazine rings is 1. The number of piperidine rings is 1. The summed E-state index contributed by atoms with van der Waals surface area (Å²) < 4.78 is 18.5. The quantitative estimate of drug-likeness (QED) is 0.409. The molecule has 2 aliphatic rings. The lowest BCUT2D eigenvalue weighted by atomic mass is 10.0. The van der Waals surface area contributed by atoms with E-state index in [2.05, 4.69) is 49.1 Å². The van der Waals surface area contributed by atoms with Crippen LogP contribution >= 0.6 is 18.7 Å². The van der Waals surface area contributed by atoms with Crippen molar-refractivity contribution in [2.75, 3.05) is 82.3 Å². The molecule has 0 saturated carbocycles. The van der Waals surface area contributed by atoms with Gasteiger partial charge >= 0.3 is 0 Å². The Bertz CT molecular complexity index is 1370. The number of benzene rings is 2. The molecular formula is C28H38ClN8O2P. The molecular weight excluding hydrogens is 547 g/mol. The molecule has 1 aromatic heterocycles. The Hall–Kier alpha value is -2.91. The molecule has 2 aliphatic heterocycles. The largest absolute Gasteiger partial charge is 0.494 e. The van der Waals surface area contributed by atoms with Crippen LogP contribution in [0.2, 0.25) is 5.15 Å². The summed E-state index contributed by atoms with van der Waals surface area (Å²) in [5, 5.41) is 8.67. The lowest BCUT2D eigenvalue weighted by Gasteiger charge is -2.42. The van der Waals surface area contributed by atoms with Gasteiger partial charge in [0, 0.05) is 68.1 Å². The van der Waals surface area contributed by atoms with Crippen LogP contribution < -0.4 is 25.6 Å². The second kappa shape index (κ2) is 11.9. The Morgan fingerprint density at radius 1 is 1.00 bits per heavy atom. The van der Waals surface area contributed by atoms with Crippen molar-refractivity contribution < 1.29 is 9.30 Å². The van der Waals surface area contributed by atoms with E-state index in [1.807, 2.05) is 35.2 Å². The summed E-state index contributed by atoms with van der Waals surface area (Å²) >= 11 is 6.50. The SMILES string of the molecule is COc1cc(N2CCC(N3CCN(C)CC3)CC2)ccc1N(c1ccc(P(C)(C)=O)cc1)c1nc(N)nnc1Cl. The minimum absolute atomic E-state index is 0.00597. The molecule has 0 atom stereocenters. The number of nitrogens with two attached hydrogens (primary N) is 1. The van der Waals surface area contributed by atoms with E-state index in [0.717, 1.165) is 74.5 Å². The zero-order valence-corrected chi connectivity index (χ0v) is 25.3. The maximum absolute atomic E-state index is 12.6. The molecule has 12 heteroatoms. The number of anilines is 5.